The van der Waals surface area contributed by atoms with E-state index in [-0.39, 0.29) is 5.41 Å². The summed E-state index contributed by atoms with van der Waals surface area (Å²) < 4.78 is 0. The van der Waals surface area contributed by atoms with E-state index >= 15 is 0 Å². The van der Waals surface area contributed by atoms with Crippen molar-refractivity contribution in [3.05, 3.63) is 199 Å². The Labute approximate surface area is 294 Å². The molecule has 0 bridgehead atoms. The quantitative estimate of drug-likeness (QED) is 0.175. The fourth-order valence-electron chi connectivity index (χ4n) is 8.13. The van der Waals surface area contributed by atoms with Crippen molar-refractivity contribution in [2.24, 2.45) is 0 Å². The van der Waals surface area contributed by atoms with Gasteiger partial charge in [-0.15, -0.1) is 0 Å². The van der Waals surface area contributed by atoms with Crippen molar-refractivity contribution in [1.29, 1.82) is 0 Å². The Bertz CT molecular complexity index is 2480. The third-order valence-corrected chi connectivity index (χ3v) is 10.4. The number of hydrogen-bond acceptors (Lipinski definition) is 1. The third kappa shape index (κ3) is 4.85. The fourth-order valence-corrected chi connectivity index (χ4v) is 8.13. The SMILES string of the molecule is CC1(C)c2ccccc2-c2c(-c3ccccc3)c(N(c3ccc(-c4ccccc4)cc3)c3cccc(-c4ccccc4)c3)c3ccccc3c21. The predicted molar refractivity (Wildman–Crippen MR) is 213 cm³/mol. The van der Waals surface area contributed by atoms with Crippen molar-refractivity contribution >= 4 is 27.8 Å². The molecule has 0 saturated carbocycles. The first-order valence-electron chi connectivity index (χ1n) is 17.5. The molecule has 0 unspecified atom stereocenters. The molecular formula is C49H37N. The van der Waals surface area contributed by atoms with Crippen LogP contribution >= 0.6 is 0 Å². The number of benzene rings is 8. The monoisotopic (exact) mass is 639 g/mol. The minimum Gasteiger partial charge on any atom is -0.309 e. The molecule has 1 aliphatic rings. The Kier molecular flexibility index (Phi) is 7.21. The van der Waals surface area contributed by atoms with Crippen LogP contribution in [0, 0.1) is 0 Å². The lowest BCUT2D eigenvalue weighted by Crippen LogP contribution is -2.17. The van der Waals surface area contributed by atoms with Gasteiger partial charge >= 0.3 is 0 Å². The molecule has 9 rings (SSSR count). The van der Waals surface area contributed by atoms with E-state index in [1.54, 1.807) is 0 Å². The van der Waals surface area contributed by atoms with Crippen LogP contribution in [0.2, 0.25) is 0 Å². The second kappa shape index (κ2) is 12.1. The van der Waals surface area contributed by atoms with E-state index in [9.17, 15) is 0 Å². The molecule has 0 N–H and O–H groups in total. The zero-order chi connectivity index (χ0) is 33.7. The first-order valence-corrected chi connectivity index (χ1v) is 17.5. The minimum absolute atomic E-state index is 0.164. The van der Waals surface area contributed by atoms with Crippen LogP contribution in [-0.4, -0.2) is 0 Å². The van der Waals surface area contributed by atoms with Gasteiger partial charge in [-0.2, -0.15) is 0 Å². The Balaban J connectivity index is 1.40. The van der Waals surface area contributed by atoms with Crippen molar-refractivity contribution < 1.29 is 0 Å². The summed E-state index contributed by atoms with van der Waals surface area (Å²) in [5, 5.41) is 2.53. The summed E-state index contributed by atoms with van der Waals surface area (Å²) in [7, 11) is 0. The lowest BCUT2D eigenvalue weighted by molar-refractivity contribution is 0.666. The van der Waals surface area contributed by atoms with E-state index in [1.807, 2.05) is 0 Å². The average molecular weight is 640 g/mol. The van der Waals surface area contributed by atoms with Crippen LogP contribution in [0.4, 0.5) is 17.1 Å². The van der Waals surface area contributed by atoms with Gasteiger partial charge < -0.3 is 4.90 Å². The molecule has 0 amide bonds. The Morgan fingerprint density at radius 1 is 0.380 bits per heavy atom. The van der Waals surface area contributed by atoms with Crippen molar-refractivity contribution in [1.82, 2.24) is 0 Å². The van der Waals surface area contributed by atoms with Gasteiger partial charge in [-0.3, -0.25) is 0 Å². The topological polar surface area (TPSA) is 3.24 Å². The van der Waals surface area contributed by atoms with Gasteiger partial charge in [0, 0.05) is 27.7 Å². The molecule has 1 heteroatoms. The number of anilines is 3. The lowest BCUT2D eigenvalue weighted by atomic mass is 9.78. The number of rotatable bonds is 6. The average Bonchev–Trinajstić information content (AvgIpc) is 3.43. The summed E-state index contributed by atoms with van der Waals surface area (Å²) in [6.45, 7) is 4.78. The highest BCUT2D eigenvalue weighted by atomic mass is 15.1. The summed E-state index contributed by atoms with van der Waals surface area (Å²) in [4.78, 5) is 2.50. The van der Waals surface area contributed by atoms with Gasteiger partial charge in [0.2, 0.25) is 0 Å². The van der Waals surface area contributed by atoms with Gasteiger partial charge in [0.1, 0.15) is 0 Å². The first-order chi connectivity index (χ1) is 24.6. The lowest BCUT2D eigenvalue weighted by Gasteiger charge is -2.33. The van der Waals surface area contributed by atoms with E-state index in [4.69, 9.17) is 0 Å². The molecule has 0 saturated heterocycles. The van der Waals surface area contributed by atoms with Crippen LogP contribution < -0.4 is 4.90 Å². The van der Waals surface area contributed by atoms with E-state index in [0.29, 0.717) is 0 Å². The van der Waals surface area contributed by atoms with E-state index < -0.39 is 0 Å². The van der Waals surface area contributed by atoms with Crippen molar-refractivity contribution in [3.63, 3.8) is 0 Å². The van der Waals surface area contributed by atoms with Crippen LogP contribution in [0.5, 0.6) is 0 Å². The largest absolute Gasteiger partial charge is 0.309 e. The van der Waals surface area contributed by atoms with Crippen molar-refractivity contribution in [2.45, 2.75) is 19.3 Å². The molecule has 0 spiro atoms. The smallest absolute Gasteiger partial charge is 0.0624 e. The molecule has 1 aliphatic carbocycles. The van der Waals surface area contributed by atoms with Crippen LogP contribution in [0.25, 0.3) is 55.3 Å². The molecule has 0 radical (unpaired) electrons. The zero-order valence-electron chi connectivity index (χ0n) is 28.3. The summed E-state index contributed by atoms with van der Waals surface area (Å²) in [5.74, 6) is 0. The predicted octanol–water partition coefficient (Wildman–Crippen LogP) is 13.6. The molecule has 0 aliphatic heterocycles. The van der Waals surface area contributed by atoms with Crippen LogP contribution in [-0.2, 0) is 5.41 Å². The Hall–Kier alpha value is -6.18. The number of fused-ring (bicyclic) bond motifs is 5. The zero-order valence-corrected chi connectivity index (χ0v) is 28.3. The molecular weight excluding hydrogens is 603 g/mol. The fraction of sp³-hybridized carbons (Fsp3) is 0.0612. The standard InChI is InChI=1S/C49H37N/c1-49(2)44-28-15-14-27-43(44)46-45(37-21-10-5-11-22-37)48(42-26-13-12-25-41(42)47(46)49)50(39-31-29-36(30-32-39)34-17-6-3-7-18-34)40-24-16-23-38(33-40)35-19-8-4-9-20-35/h3-33H,1-2H3. The minimum atomic E-state index is -0.164. The molecule has 1 nitrogen and oxygen atoms in total. The van der Waals surface area contributed by atoms with Crippen molar-refractivity contribution in [3.8, 4) is 44.5 Å². The molecule has 0 heterocycles. The highest BCUT2D eigenvalue weighted by Crippen LogP contribution is 2.59. The molecule has 50 heavy (non-hydrogen) atoms. The maximum absolute atomic E-state index is 2.50. The van der Waals surface area contributed by atoms with E-state index in [2.05, 4.69) is 207 Å². The summed E-state index contributed by atoms with van der Waals surface area (Å²) in [5.41, 5.74) is 15.9. The second-order valence-corrected chi connectivity index (χ2v) is 13.7. The van der Waals surface area contributed by atoms with Gasteiger partial charge in [-0.25, -0.2) is 0 Å². The van der Waals surface area contributed by atoms with Gasteiger partial charge in [-0.1, -0.05) is 178 Å². The number of nitrogens with zero attached hydrogens (tertiary/aromatic N) is 1. The molecule has 8 aromatic rings. The number of hydrogen-bond donors (Lipinski definition) is 0. The molecule has 0 atom stereocenters. The maximum atomic E-state index is 2.50. The highest BCUT2D eigenvalue weighted by molar-refractivity contribution is 6.15. The van der Waals surface area contributed by atoms with Crippen LogP contribution in [0.15, 0.2) is 188 Å². The Morgan fingerprint density at radius 3 is 1.58 bits per heavy atom. The summed E-state index contributed by atoms with van der Waals surface area (Å²) >= 11 is 0. The van der Waals surface area contributed by atoms with E-state index in [0.717, 1.165) is 11.4 Å². The van der Waals surface area contributed by atoms with Crippen molar-refractivity contribution in [2.75, 3.05) is 4.90 Å². The molecule has 0 aromatic heterocycles. The van der Waals surface area contributed by atoms with Gasteiger partial charge in [0.15, 0.2) is 0 Å². The maximum Gasteiger partial charge on any atom is 0.0624 e. The van der Waals surface area contributed by atoms with Crippen LogP contribution in [0.1, 0.15) is 25.0 Å². The molecule has 238 valence electrons. The molecule has 0 fully saturated rings. The Morgan fingerprint density at radius 2 is 0.900 bits per heavy atom. The van der Waals surface area contributed by atoms with E-state index in [1.165, 1.54) is 72.1 Å². The normalized spacial score (nSPS) is 12.8. The van der Waals surface area contributed by atoms with Gasteiger partial charge in [0.05, 0.1) is 5.69 Å². The van der Waals surface area contributed by atoms with Crippen LogP contribution in [0.3, 0.4) is 0 Å². The molecule has 8 aromatic carbocycles. The summed E-state index contributed by atoms with van der Waals surface area (Å²) in [6.07, 6.45) is 0. The van der Waals surface area contributed by atoms with Gasteiger partial charge in [-0.05, 0) is 79.7 Å². The first kappa shape index (κ1) is 29.9. The summed E-state index contributed by atoms with van der Waals surface area (Å²) in [6, 6.07) is 68.5. The third-order valence-electron chi connectivity index (χ3n) is 10.4. The highest BCUT2D eigenvalue weighted by Gasteiger charge is 2.40. The second-order valence-electron chi connectivity index (χ2n) is 13.7. The van der Waals surface area contributed by atoms with Gasteiger partial charge in [0.25, 0.3) is 0 Å².